The number of ether oxygens (including phenoxy) is 2. The minimum absolute atomic E-state index is 0.0133. The van der Waals surface area contributed by atoms with Crippen molar-refractivity contribution in [3.63, 3.8) is 0 Å². The molecule has 4 aromatic rings. The van der Waals surface area contributed by atoms with E-state index in [0.717, 1.165) is 17.3 Å². The minimum Gasteiger partial charge on any atom is -0.490 e. The van der Waals surface area contributed by atoms with Gasteiger partial charge in [0.1, 0.15) is 16.9 Å². The van der Waals surface area contributed by atoms with Crippen molar-refractivity contribution < 1.29 is 23.5 Å². The lowest BCUT2D eigenvalue weighted by Crippen LogP contribution is -2.58. The molecule has 6 rings (SSSR count). The van der Waals surface area contributed by atoms with Gasteiger partial charge in [0, 0.05) is 29.4 Å². The molecule has 6 nitrogen and oxygen atoms in total. The number of amides is 1. The first-order valence-electron chi connectivity index (χ1n) is 12.3. The number of carbonyl (C=O) groups excluding carboxylic acids is 2. The molecule has 0 saturated carbocycles. The monoisotopic (exact) mass is 580 g/mol. The average molecular weight is 581 g/mol. The predicted molar refractivity (Wildman–Crippen MR) is 148 cm³/mol. The highest BCUT2D eigenvalue weighted by molar-refractivity contribution is 8.01. The Kier molecular flexibility index (Phi) is 7.05. The number of para-hydroxylation sites is 1. The lowest BCUT2D eigenvalue weighted by Gasteiger charge is -2.39. The van der Waals surface area contributed by atoms with Gasteiger partial charge in [-0.2, -0.15) is 11.3 Å². The predicted octanol–water partition coefficient (Wildman–Crippen LogP) is 6.33. The molecule has 10 heteroatoms. The van der Waals surface area contributed by atoms with Gasteiger partial charge in [0.05, 0.1) is 17.3 Å². The number of benzene rings is 2. The van der Waals surface area contributed by atoms with E-state index in [1.54, 1.807) is 48.5 Å². The third-order valence-electron chi connectivity index (χ3n) is 6.80. The number of nitrogens with zero attached hydrogens (tertiary/aromatic N) is 1. The first kappa shape index (κ1) is 25.9. The number of halogens is 2. The van der Waals surface area contributed by atoms with E-state index in [4.69, 9.17) is 26.1 Å². The molecule has 0 radical (unpaired) electrons. The third kappa shape index (κ3) is 4.90. The topological polar surface area (TPSA) is 77.5 Å². The number of hydrogen-bond donors (Lipinski definition) is 1. The molecule has 3 atom stereocenters. The van der Waals surface area contributed by atoms with Gasteiger partial charge in [0.25, 0.3) is 0 Å². The van der Waals surface area contributed by atoms with Gasteiger partial charge in [-0.15, -0.1) is 11.8 Å². The number of Topliss-reactive ketones (excluding diaryl/α,β-unsaturated/α-hetero) is 1. The molecule has 1 N–H and O–H groups in total. The highest BCUT2D eigenvalue weighted by Gasteiger charge is 2.48. The summed E-state index contributed by atoms with van der Waals surface area (Å²) in [7, 11) is 0. The van der Waals surface area contributed by atoms with E-state index in [9.17, 15) is 14.0 Å². The van der Waals surface area contributed by atoms with Crippen LogP contribution in [-0.2, 0) is 15.1 Å². The van der Waals surface area contributed by atoms with E-state index in [-0.39, 0.29) is 18.0 Å². The number of hydrogen-bond acceptors (Lipinski definition) is 7. The highest BCUT2D eigenvalue weighted by atomic mass is 35.5. The molecule has 0 spiro atoms. The van der Waals surface area contributed by atoms with Crippen LogP contribution in [0.4, 0.5) is 4.39 Å². The fourth-order valence-electron chi connectivity index (χ4n) is 4.93. The maximum atomic E-state index is 14.3. The zero-order chi connectivity index (χ0) is 27.0. The number of carbonyl (C=O) groups is 2. The van der Waals surface area contributed by atoms with Crippen molar-refractivity contribution >= 4 is 46.4 Å². The van der Waals surface area contributed by atoms with Gasteiger partial charge in [0.15, 0.2) is 17.3 Å². The first-order valence-corrected chi connectivity index (χ1v) is 14.5. The van der Waals surface area contributed by atoms with Crippen LogP contribution >= 0.6 is 34.7 Å². The summed E-state index contributed by atoms with van der Waals surface area (Å²) in [6.45, 7) is 0.312. The van der Waals surface area contributed by atoms with Gasteiger partial charge in [0.2, 0.25) is 11.8 Å². The SMILES string of the molecule is O=C1CC(c2ccsc2)(c2cccc(OC3CCOc4c(F)cccc43)n2)NC(=O)C1Sc1ccccc1Cl. The van der Waals surface area contributed by atoms with Crippen LogP contribution in [0, 0.1) is 5.82 Å². The molecule has 4 heterocycles. The summed E-state index contributed by atoms with van der Waals surface area (Å²) >= 11 is 8.90. The Balaban J connectivity index is 1.32. The zero-order valence-corrected chi connectivity index (χ0v) is 22.8. The molecule has 2 aromatic carbocycles. The molecule has 2 aromatic heterocycles. The number of fused-ring (bicyclic) bond motifs is 1. The largest absolute Gasteiger partial charge is 0.490 e. The summed E-state index contributed by atoms with van der Waals surface area (Å²) in [6, 6.07) is 19.0. The number of ketones is 1. The lowest BCUT2D eigenvalue weighted by atomic mass is 9.79. The fourth-order valence-corrected chi connectivity index (χ4v) is 6.90. The van der Waals surface area contributed by atoms with Crippen molar-refractivity contribution in [1.82, 2.24) is 10.3 Å². The van der Waals surface area contributed by atoms with Crippen LogP contribution < -0.4 is 14.8 Å². The molecule has 198 valence electrons. The molecular formula is C29H22ClFN2O4S2. The van der Waals surface area contributed by atoms with E-state index in [1.807, 2.05) is 22.9 Å². The van der Waals surface area contributed by atoms with Crippen LogP contribution in [0.3, 0.4) is 0 Å². The van der Waals surface area contributed by atoms with E-state index in [1.165, 1.54) is 17.4 Å². The quantitative estimate of drug-likeness (QED) is 0.269. The number of piperidine rings is 1. The number of thioether (sulfide) groups is 1. The number of nitrogens with one attached hydrogen (secondary N) is 1. The van der Waals surface area contributed by atoms with Crippen molar-refractivity contribution in [2.45, 2.75) is 34.6 Å². The molecular weight excluding hydrogens is 559 g/mol. The maximum absolute atomic E-state index is 14.3. The van der Waals surface area contributed by atoms with Gasteiger partial charge in [-0.25, -0.2) is 9.37 Å². The second-order valence-electron chi connectivity index (χ2n) is 9.24. The number of pyridine rings is 1. The normalized spacial score (nSPS) is 22.5. The molecule has 2 aliphatic heterocycles. The van der Waals surface area contributed by atoms with E-state index < -0.39 is 28.6 Å². The van der Waals surface area contributed by atoms with E-state index in [0.29, 0.717) is 40.1 Å². The van der Waals surface area contributed by atoms with Crippen molar-refractivity contribution in [1.29, 1.82) is 0 Å². The highest BCUT2D eigenvalue weighted by Crippen LogP contribution is 2.42. The van der Waals surface area contributed by atoms with Crippen molar-refractivity contribution in [2.75, 3.05) is 6.61 Å². The molecule has 1 saturated heterocycles. The molecule has 0 bridgehead atoms. The number of aromatic nitrogens is 1. The van der Waals surface area contributed by atoms with E-state index >= 15 is 0 Å². The molecule has 1 fully saturated rings. The Morgan fingerprint density at radius 2 is 1.95 bits per heavy atom. The number of thiophene rings is 1. The molecule has 1 amide bonds. The average Bonchev–Trinajstić information content (AvgIpc) is 3.48. The Bertz CT molecular complexity index is 1530. The van der Waals surface area contributed by atoms with Crippen LogP contribution in [0.1, 0.15) is 35.8 Å². The Morgan fingerprint density at radius 3 is 2.74 bits per heavy atom. The zero-order valence-electron chi connectivity index (χ0n) is 20.4. The Labute approximate surface area is 237 Å². The van der Waals surface area contributed by atoms with Gasteiger partial charge >= 0.3 is 0 Å². The minimum atomic E-state index is -1.16. The van der Waals surface area contributed by atoms with E-state index in [2.05, 4.69) is 5.32 Å². The van der Waals surface area contributed by atoms with Crippen LogP contribution in [-0.4, -0.2) is 28.5 Å². The fraction of sp³-hybridized carbons (Fsp3) is 0.207. The van der Waals surface area contributed by atoms with Gasteiger partial charge < -0.3 is 14.8 Å². The van der Waals surface area contributed by atoms with Gasteiger partial charge in [-0.1, -0.05) is 41.9 Å². The molecule has 3 unspecified atom stereocenters. The van der Waals surface area contributed by atoms with Crippen LogP contribution in [0.15, 0.2) is 82.4 Å². The summed E-state index contributed by atoms with van der Waals surface area (Å²) in [4.78, 5) is 32.4. The smallest absolute Gasteiger partial charge is 0.242 e. The van der Waals surface area contributed by atoms with Crippen LogP contribution in [0.2, 0.25) is 5.02 Å². The molecule has 39 heavy (non-hydrogen) atoms. The van der Waals surface area contributed by atoms with Gasteiger partial charge in [-0.05, 0) is 46.7 Å². The first-order chi connectivity index (χ1) is 18.9. The summed E-state index contributed by atoms with van der Waals surface area (Å²) in [6.07, 6.45) is 0.0800. The standard InChI is InChI=1S/C29H22ClFN2O4S2/c30-19-6-1-2-8-23(19)39-27-21(34)15-29(33-28(27)35,17-12-14-38-16-17)24-9-4-10-25(32-24)37-22-11-13-36-26-18(22)5-3-7-20(26)31/h1-10,12,14,16,22,27H,11,13,15H2,(H,33,35). The molecule has 0 aliphatic carbocycles. The Hall–Kier alpha value is -3.40. The second kappa shape index (κ2) is 10.6. The molecule has 2 aliphatic rings. The Morgan fingerprint density at radius 1 is 1.10 bits per heavy atom. The van der Waals surface area contributed by atoms with Crippen molar-refractivity contribution in [3.8, 4) is 11.6 Å². The van der Waals surface area contributed by atoms with Crippen molar-refractivity contribution in [3.05, 3.63) is 105 Å². The summed E-state index contributed by atoms with van der Waals surface area (Å²) in [5.74, 6) is -0.585. The lowest BCUT2D eigenvalue weighted by molar-refractivity contribution is -0.133. The van der Waals surface area contributed by atoms with Crippen LogP contribution in [0.25, 0.3) is 0 Å². The summed E-state index contributed by atoms with van der Waals surface area (Å²) in [5, 5.41) is 6.46. The second-order valence-corrected chi connectivity index (χ2v) is 11.6. The van der Waals surface area contributed by atoms with Crippen LogP contribution in [0.5, 0.6) is 11.6 Å². The third-order valence-corrected chi connectivity index (χ3v) is 9.24. The summed E-state index contributed by atoms with van der Waals surface area (Å²) in [5.41, 5.74) is 0.693. The maximum Gasteiger partial charge on any atom is 0.242 e. The van der Waals surface area contributed by atoms with Crippen molar-refractivity contribution in [2.24, 2.45) is 0 Å². The summed E-state index contributed by atoms with van der Waals surface area (Å²) < 4.78 is 26.0. The number of rotatable bonds is 6. The van der Waals surface area contributed by atoms with Gasteiger partial charge in [-0.3, -0.25) is 9.59 Å².